The van der Waals surface area contributed by atoms with Crippen molar-refractivity contribution in [1.29, 1.82) is 0 Å². The summed E-state index contributed by atoms with van der Waals surface area (Å²) in [5.74, 6) is -0.280. The van der Waals surface area contributed by atoms with Crippen LogP contribution in [0.3, 0.4) is 0 Å². The second kappa shape index (κ2) is 7.68. The molecule has 1 aromatic heterocycles. The zero-order chi connectivity index (χ0) is 16.0. The van der Waals surface area contributed by atoms with Crippen molar-refractivity contribution >= 4 is 23.2 Å². The zero-order valence-corrected chi connectivity index (χ0v) is 13.6. The fourth-order valence-corrected chi connectivity index (χ4v) is 3.74. The molecule has 0 aromatic carbocycles. The van der Waals surface area contributed by atoms with Crippen LogP contribution < -0.4 is 5.73 Å². The first kappa shape index (κ1) is 16.9. The van der Waals surface area contributed by atoms with Gasteiger partial charge in [-0.1, -0.05) is 63.2 Å². The minimum atomic E-state index is -1.34. The lowest BCUT2D eigenvalue weighted by molar-refractivity contribution is -0.141. The predicted molar refractivity (Wildman–Crippen MR) is 90.8 cm³/mol. The molecule has 0 spiro atoms. The Morgan fingerprint density at radius 1 is 1.36 bits per heavy atom. The average Bonchev–Trinajstić information content (AvgIpc) is 2.53. The van der Waals surface area contributed by atoms with Crippen molar-refractivity contribution in [3.05, 3.63) is 30.1 Å². The smallest absolute Gasteiger partial charge is 0.322 e. The summed E-state index contributed by atoms with van der Waals surface area (Å²) < 4.78 is 0. The number of nitrogens with zero attached hydrogens (tertiary/aromatic N) is 1. The topological polar surface area (TPSA) is 76.2 Å². The highest BCUT2D eigenvalue weighted by Gasteiger charge is 2.44. The number of hydrogen-bond donors (Lipinski definition) is 2. The summed E-state index contributed by atoms with van der Waals surface area (Å²) in [7, 11) is 0. The minimum Gasteiger partial charge on any atom is -0.480 e. The third kappa shape index (κ3) is 3.64. The number of pyridine rings is 1. The van der Waals surface area contributed by atoms with Crippen LogP contribution in [0.2, 0.25) is 0 Å². The predicted octanol–water partition coefficient (Wildman–Crippen LogP) is 3.44. The molecule has 5 heteroatoms. The maximum atomic E-state index is 11.9. The first-order valence-electron chi connectivity index (χ1n) is 8.02. The van der Waals surface area contributed by atoms with E-state index in [1.165, 1.54) is 32.1 Å². The van der Waals surface area contributed by atoms with Crippen molar-refractivity contribution < 1.29 is 9.90 Å². The van der Waals surface area contributed by atoms with Gasteiger partial charge in [-0.3, -0.25) is 9.78 Å². The summed E-state index contributed by atoms with van der Waals surface area (Å²) in [6.45, 7) is 0. The molecule has 1 atom stereocenters. The van der Waals surface area contributed by atoms with E-state index in [0.717, 1.165) is 18.8 Å². The summed E-state index contributed by atoms with van der Waals surface area (Å²) in [4.78, 5) is 16.2. The second-order valence-electron chi connectivity index (χ2n) is 6.19. The van der Waals surface area contributed by atoms with E-state index in [1.807, 2.05) is 0 Å². The molecule has 1 saturated carbocycles. The zero-order valence-electron chi connectivity index (χ0n) is 12.8. The molecule has 4 nitrogen and oxygen atoms in total. The molecule has 120 valence electrons. The lowest BCUT2D eigenvalue weighted by atomic mass is 9.77. The van der Waals surface area contributed by atoms with E-state index in [1.54, 1.807) is 24.4 Å². The first-order chi connectivity index (χ1) is 10.6. The Morgan fingerprint density at radius 2 is 2.09 bits per heavy atom. The maximum Gasteiger partial charge on any atom is 0.322 e. The van der Waals surface area contributed by atoms with Gasteiger partial charge in [0.05, 0.1) is 10.7 Å². The Kier molecular flexibility index (Phi) is 5.89. The van der Waals surface area contributed by atoms with Gasteiger partial charge in [-0.15, -0.1) is 0 Å². The third-order valence-corrected chi connectivity index (χ3v) is 5.13. The number of carboxylic acids is 1. The molecule has 2 rings (SSSR count). The molecule has 0 amide bonds. The van der Waals surface area contributed by atoms with Crippen LogP contribution in [0.25, 0.3) is 0 Å². The van der Waals surface area contributed by atoms with Crippen LogP contribution in [-0.4, -0.2) is 21.0 Å². The van der Waals surface area contributed by atoms with E-state index >= 15 is 0 Å². The minimum absolute atomic E-state index is 0.00217. The fraction of sp³-hybridized carbons (Fsp3) is 0.588. The second-order valence-corrected chi connectivity index (χ2v) is 6.63. The van der Waals surface area contributed by atoms with E-state index < -0.39 is 11.4 Å². The lowest BCUT2D eigenvalue weighted by Gasteiger charge is -2.29. The third-order valence-electron chi connectivity index (χ3n) is 4.78. The maximum absolute atomic E-state index is 11.9. The SMILES string of the molecule is NC(=S)C(CCCC1CCCCC1)(C(=O)O)c1ccccn1. The van der Waals surface area contributed by atoms with Crippen LogP contribution in [0.4, 0.5) is 0 Å². The van der Waals surface area contributed by atoms with Crippen LogP contribution in [-0.2, 0) is 10.2 Å². The van der Waals surface area contributed by atoms with Crippen molar-refractivity contribution in [2.45, 2.75) is 56.8 Å². The molecular weight excluding hydrogens is 296 g/mol. The highest BCUT2D eigenvalue weighted by molar-refractivity contribution is 7.80. The van der Waals surface area contributed by atoms with E-state index in [9.17, 15) is 9.90 Å². The van der Waals surface area contributed by atoms with Crippen LogP contribution in [0.15, 0.2) is 24.4 Å². The van der Waals surface area contributed by atoms with Gasteiger partial charge in [-0.25, -0.2) is 0 Å². The van der Waals surface area contributed by atoms with Gasteiger partial charge in [0.2, 0.25) is 0 Å². The van der Waals surface area contributed by atoms with E-state index in [2.05, 4.69) is 4.98 Å². The quantitative estimate of drug-likeness (QED) is 0.753. The van der Waals surface area contributed by atoms with E-state index in [-0.39, 0.29) is 4.99 Å². The molecule has 1 aliphatic rings. The van der Waals surface area contributed by atoms with Gasteiger partial charge in [0.15, 0.2) is 5.41 Å². The lowest BCUT2D eigenvalue weighted by Crippen LogP contribution is -2.47. The number of carboxylic acid groups (broad SMARTS) is 1. The molecule has 3 N–H and O–H groups in total. The molecule has 1 aromatic rings. The molecule has 0 bridgehead atoms. The van der Waals surface area contributed by atoms with E-state index in [0.29, 0.717) is 12.1 Å². The number of hydrogen-bond acceptors (Lipinski definition) is 3. The normalized spacial score (nSPS) is 18.5. The molecular formula is C17H24N2O2S. The van der Waals surface area contributed by atoms with Crippen LogP contribution in [0.1, 0.15) is 57.1 Å². The highest BCUT2D eigenvalue weighted by atomic mass is 32.1. The van der Waals surface area contributed by atoms with Crippen LogP contribution in [0.5, 0.6) is 0 Å². The van der Waals surface area contributed by atoms with Crippen molar-refractivity contribution in [2.75, 3.05) is 0 Å². The van der Waals surface area contributed by atoms with Gasteiger partial charge < -0.3 is 10.8 Å². The molecule has 0 radical (unpaired) electrons. The van der Waals surface area contributed by atoms with Gasteiger partial charge in [-0.2, -0.15) is 0 Å². The molecule has 0 saturated heterocycles. The van der Waals surface area contributed by atoms with Gasteiger partial charge >= 0.3 is 5.97 Å². The monoisotopic (exact) mass is 320 g/mol. The fourth-order valence-electron chi connectivity index (χ4n) is 3.45. The molecule has 1 unspecified atom stereocenters. The van der Waals surface area contributed by atoms with Gasteiger partial charge in [0.1, 0.15) is 0 Å². The van der Waals surface area contributed by atoms with Gasteiger partial charge in [0.25, 0.3) is 0 Å². The number of rotatable bonds is 7. The van der Waals surface area contributed by atoms with Crippen molar-refractivity contribution in [1.82, 2.24) is 4.98 Å². The van der Waals surface area contributed by atoms with Crippen LogP contribution in [0, 0.1) is 5.92 Å². The first-order valence-corrected chi connectivity index (χ1v) is 8.43. The Hall–Kier alpha value is -1.49. The van der Waals surface area contributed by atoms with Gasteiger partial charge in [0, 0.05) is 6.20 Å². The van der Waals surface area contributed by atoms with Crippen molar-refractivity contribution in [2.24, 2.45) is 11.7 Å². The summed E-state index contributed by atoms with van der Waals surface area (Å²) >= 11 is 5.11. The number of nitrogens with two attached hydrogens (primary N) is 1. The molecule has 0 aliphatic heterocycles. The average molecular weight is 320 g/mol. The van der Waals surface area contributed by atoms with Gasteiger partial charge in [-0.05, 0) is 24.5 Å². The number of aliphatic carboxylic acids is 1. The highest BCUT2D eigenvalue weighted by Crippen LogP contribution is 2.33. The summed E-state index contributed by atoms with van der Waals surface area (Å²) in [5.41, 5.74) is 4.94. The molecule has 1 heterocycles. The summed E-state index contributed by atoms with van der Waals surface area (Å²) in [6, 6.07) is 5.24. The Labute approximate surface area is 137 Å². The molecule has 1 aliphatic carbocycles. The number of carbonyl (C=O) groups is 1. The summed E-state index contributed by atoms with van der Waals surface area (Å²) in [5, 5.41) is 9.78. The molecule has 1 fully saturated rings. The largest absolute Gasteiger partial charge is 0.480 e. The molecule has 22 heavy (non-hydrogen) atoms. The summed E-state index contributed by atoms with van der Waals surface area (Å²) in [6.07, 6.45) is 10.3. The Balaban J connectivity index is 2.11. The van der Waals surface area contributed by atoms with Crippen molar-refractivity contribution in [3.8, 4) is 0 Å². The number of aromatic nitrogens is 1. The number of thiocarbonyl (C=S) groups is 1. The standard InChI is InChI=1S/C17H24N2O2S/c18-15(22)17(16(20)21,14-10-4-5-12-19-14)11-6-9-13-7-2-1-3-8-13/h4-5,10,12-13H,1-3,6-9,11H2,(H2,18,22)(H,20,21). The van der Waals surface area contributed by atoms with Crippen molar-refractivity contribution in [3.63, 3.8) is 0 Å². The Bertz CT molecular complexity index is 499. The Morgan fingerprint density at radius 3 is 2.64 bits per heavy atom. The van der Waals surface area contributed by atoms with Crippen LogP contribution >= 0.6 is 12.2 Å². The van der Waals surface area contributed by atoms with E-state index in [4.69, 9.17) is 18.0 Å².